The number of hydrogen-bond acceptors (Lipinski definition) is 11. The van der Waals surface area contributed by atoms with Gasteiger partial charge in [-0.2, -0.15) is 0 Å². The van der Waals surface area contributed by atoms with Crippen molar-refractivity contribution in [2.45, 2.75) is 89.8 Å². The maximum absolute atomic E-state index is 14.3. The maximum Gasteiger partial charge on any atom is 0.511 e. The number of hydrogen-bond donors (Lipinski definition) is 3. The molecule has 3 aliphatic rings. The van der Waals surface area contributed by atoms with Crippen molar-refractivity contribution in [3.05, 3.63) is 63.1 Å². The molecular weight excluding hydrogens is 689 g/mol. The van der Waals surface area contributed by atoms with E-state index in [9.17, 15) is 32.5 Å². The fraction of sp³-hybridized carbons (Fsp3) is 0.516. The van der Waals surface area contributed by atoms with Crippen molar-refractivity contribution < 1.29 is 61.1 Å². The van der Waals surface area contributed by atoms with E-state index in [0.29, 0.717) is 31.0 Å². The number of nitrogens with zero attached hydrogens (tertiary/aromatic N) is 3. The quantitative estimate of drug-likeness (QED) is 0.173. The second-order valence-electron chi connectivity index (χ2n) is 12.4. The maximum atomic E-state index is 14.3. The van der Waals surface area contributed by atoms with E-state index >= 15 is 0 Å². The Morgan fingerprint density at radius 1 is 1.26 bits per heavy atom. The number of halogens is 2. The molecule has 50 heavy (non-hydrogen) atoms. The topological polar surface area (TPSA) is 205 Å². The number of nitrogens with one attached hydrogen (secondary N) is 1. The molecule has 272 valence electrons. The van der Waals surface area contributed by atoms with Gasteiger partial charge in [0.2, 0.25) is 18.0 Å². The highest BCUT2D eigenvalue weighted by molar-refractivity contribution is 7.46. The highest BCUT2D eigenvalue weighted by atomic mass is 31.2. The van der Waals surface area contributed by atoms with Gasteiger partial charge in [0.15, 0.2) is 11.3 Å². The summed E-state index contributed by atoms with van der Waals surface area (Å²) in [5.74, 6) is -3.91. The Balaban J connectivity index is 1.47. The van der Waals surface area contributed by atoms with Crippen LogP contribution in [0.15, 0.2) is 34.3 Å². The summed E-state index contributed by atoms with van der Waals surface area (Å²) in [6, 6.07) is 1.86. The van der Waals surface area contributed by atoms with E-state index in [1.807, 2.05) is 6.92 Å². The molecule has 1 saturated heterocycles. The number of fused-ring (bicyclic) bond motifs is 5. The summed E-state index contributed by atoms with van der Waals surface area (Å²) in [5.41, 5.74) is -2.07. The molecule has 2 aromatic rings. The summed E-state index contributed by atoms with van der Waals surface area (Å²) in [6.07, 6.45) is -1.02. The highest BCUT2D eigenvalue weighted by Crippen LogP contribution is 2.46. The van der Waals surface area contributed by atoms with Gasteiger partial charge in [0.25, 0.3) is 11.8 Å². The average Bonchev–Trinajstić information content (AvgIpc) is 3.37. The normalized spacial score (nSPS) is 22.5. The average molecular weight is 727 g/mol. The highest BCUT2D eigenvalue weighted by Gasteiger charge is 2.54. The monoisotopic (exact) mass is 726 g/mol. The fourth-order valence-electron chi connectivity index (χ4n) is 6.41. The van der Waals surface area contributed by atoms with Crippen LogP contribution in [-0.2, 0) is 29.9 Å². The molecule has 1 aromatic heterocycles. The Morgan fingerprint density at radius 2 is 2.00 bits per heavy atom. The summed E-state index contributed by atoms with van der Waals surface area (Å²) >= 11 is 0. The fourth-order valence-corrected chi connectivity index (χ4v) is 7.08. The van der Waals surface area contributed by atoms with E-state index in [4.69, 9.17) is 28.8 Å². The lowest BCUT2D eigenvalue weighted by molar-refractivity contribution is -0.0660. The van der Waals surface area contributed by atoms with Crippen molar-refractivity contribution in [1.29, 1.82) is 0 Å². The third-order valence-electron chi connectivity index (χ3n) is 8.98. The standard InChI is InChI=1S/C31H37F2N4O12P/c1-5-23(48-50(42,43)44)18(4)47-30(41)46-15-45-27-25-29(40)36-14-24(31(9-8-17(36)3)11-16(2)35-49-31)37(25)13-21(26(27)38)28(39)34-12-19-6-7-20(32)10-22(19)33/h6-7,10,13,17-18,23-24H,5,8-9,11-12,14-15H2,1-4H3,(H,34,39)(H2,42,43,44)/t17-,18-,23+,24+,31-/m0/s1. The van der Waals surface area contributed by atoms with Crippen LogP contribution >= 0.6 is 7.82 Å². The Morgan fingerprint density at radius 3 is 2.64 bits per heavy atom. The zero-order valence-corrected chi connectivity index (χ0v) is 28.5. The van der Waals surface area contributed by atoms with Gasteiger partial charge in [-0.1, -0.05) is 18.1 Å². The van der Waals surface area contributed by atoms with Crippen LogP contribution in [0.3, 0.4) is 0 Å². The van der Waals surface area contributed by atoms with Crippen LogP contribution in [0.25, 0.3) is 0 Å². The smallest absolute Gasteiger partial charge is 0.451 e. The molecule has 0 saturated carbocycles. The van der Waals surface area contributed by atoms with Gasteiger partial charge >= 0.3 is 14.0 Å². The first-order chi connectivity index (χ1) is 23.5. The Hall–Kier alpha value is -4.38. The predicted molar refractivity (Wildman–Crippen MR) is 168 cm³/mol. The molecule has 1 fully saturated rings. The number of rotatable bonds is 11. The van der Waals surface area contributed by atoms with E-state index in [1.165, 1.54) is 17.7 Å². The summed E-state index contributed by atoms with van der Waals surface area (Å²) in [6.45, 7) is 5.26. The van der Waals surface area contributed by atoms with Crippen LogP contribution in [0, 0.1) is 11.6 Å². The van der Waals surface area contributed by atoms with Gasteiger partial charge in [0, 0.05) is 43.4 Å². The predicted octanol–water partition coefficient (Wildman–Crippen LogP) is 3.54. The number of ether oxygens (including phenoxy) is 3. The van der Waals surface area contributed by atoms with Gasteiger partial charge in [0.1, 0.15) is 29.4 Å². The Bertz CT molecular complexity index is 1820. The third kappa shape index (κ3) is 7.67. The minimum Gasteiger partial charge on any atom is -0.451 e. The number of amides is 2. The summed E-state index contributed by atoms with van der Waals surface area (Å²) < 4.78 is 60.7. The van der Waals surface area contributed by atoms with Crippen LogP contribution in [0.1, 0.15) is 85.8 Å². The van der Waals surface area contributed by atoms with Crippen LogP contribution in [-0.4, -0.2) is 80.1 Å². The molecule has 3 aliphatic heterocycles. The molecular formula is C31H37F2N4O12P. The lowest BCUT2D eigenvalue weighted by Crippen LogP contribution is -2.52. The molecule has 16 nitrogen and oxygen atoms in total. The molecule has 5 atom stereocenters. The van der Waals surface area contributed by atoms with E-state index in [2.05, 4.69) is 15.0 Å². The van der Waals surface area contributed by atoms with Gasteiger partial charge in [-0.3, -0.25) is 18.9 Å². The number of phosphoric ester groups is 1. The van der Waals surface area contributed by atoms with Crippen molar-refractivity contribution >= 4 is 31.5 Å². The molecule has 1 spiro atoms. The van der Waals surface area contributed by atoms with Crippen molar-refractivity contribution in [3.8, 4) is 5.75 Å². The van der Waals surface area contributed by atoms with Crippen LogP contribution < -0.4 is 15.5 Å². The minimum atomic E-state index is -4.90. The van der Waals surface area contributed by atoms with E-state index in [-0.39, 0.29) is 30.3 Å². The molecule has 0 radical (unpaired) electrons. The lowest BCUT2D eigenvalue weighted by atomic mass is 9.84. The molecule has 5 rings (SSSR count). The summed E-state index contributed by atoms with van der Waals surface area (Å²) in [5, 5.41) is 6.61. The number of aromatic nitrogens is 1. The number of benzene rings is 1. The second kappa shape index (κ2) is 14.5. The van der Waals surface area contributed by atoms with Crippen molar-refractivity contribution in [2.24, 2.45) is 5.16 Å². The van der Waals surface area contributed by atoms with Gasteiger partial charge in [0.05, 0.1) is 11.8 Å². The van der Waals surface area contributed by atoms with Crippen LogP contribution in [0.4, 0.5) is 13.6 Å². The number of pyridine rings is 1. The molecule has 19 heteroatoms. The Kier molecular flexibility index (Phi) is 10.7. The number of carbonyl (C=O) groups excluding carboxylic acids is 3. The zero-order chi connectivity index (χ0) is 36.5. The zero-order valence-electron chi connectivity index (χ0n) is 27.6. The molecule has 0 unspecified atom stereocenters. The molecule has 1 aromatic carbocycles. The first-order valence-corrected chi connectivity index (χ1v) is 17.3. The number of phosphoric acid groups is 1. The van der Waals surface area contributed by atoms with Crippen molar-refractivity contribution in [2.75, 3.05) is 13.3 Å². The summed E-state index contributed by atoms with van der Waals surface area (Å²) in [4.78, 5) is 79.7. The molecule has 3 N–H and O–H groups in total. The van der Waals surface area contributed by atoms with Crippen molar-refractivity contribution in [1.82, 2.24) is 14.8 Å². The van der Waals surface area contributed by atoms with E-state index in [1.54, 1.807) is 18.7 Å². The van der Waals surface area contributed by atoms with E-state index in [0.717, 1.165) is 12.1 Å². The molecule has 2 amide bonds. The third-order valence-corrected chi connectivity index (χ3v) is 9.53. The van der Waals surface area contributed by atoms with Gasteiger partial charge in [-0.05, 0) is 46.1 Å². The van der Waals surface area contributed by atoms with Gasteiger partial charge in [-0.15, -0.1) is 0 Å². The van der Waals surface area contributed by atoms with Gasteiger partial charge in [-0.25, -0.2) is 18.1 Å². The number of carbonyl (C=O) groups is 3. The first-order valence-electron chi connectivity index (χ1n) is 15.8. The first kappa shape index (κ1) is 36.9. The summed E-state index contributed by atoms with van der Waals surface area (Å²) in [7, 11) is -4.90. The Labute approximate surface area is 284 Å². The second-order valence-corrected chi connectivity index (χ2v) is 13.6. The largest absolute Gasteiger partial charge is 0.511 e. The molecule has 4 heterocycles. The van der Waals surface area contributed by atoms with Gasteiger partial charge < -0.3 is 43.6 Å². The van der Waals surface area contributed by atoms with E-state index < -0.39 is 91.4 Å². The van der Waals surface area contributed by atoms with Crippen LogP contribution in [0.5, 0.6) is 5.75 Å². The minimum absolute atomic E-state index is 0.0542. The number of oxime groups is 1. The molecule has 0 aliphatic carbocycles. The van der Waals surface area contributed by atoms with Crippen molar-refractivity contribution in [3.63, 3.8) is 0 Å². The SMILES string of the molecule is CC[C@@H](OP(=O)(O)O)[C@H](C)OC(=O)OCOc1c2n(cc(C(=O)NCc3ccc(F)cc3F)c1=O)[C@@H]1CN(C2=O)[C@@H](C)CC[C@]12CC(C)=NO2. The van der Waals surface area contributed by atoms with Crippen LogP contribution in [0.2, 0.25) is 0 Å². The molecule has 2 bridgehead atoms. The lowest BCUT2D eigenvalue weighted by Gasteiger charge is -2.42.